The fourth-order valence-corrected chi connectivity index (χ4v) is 2.34. The SMILES string of the molecule is CN1CCN(CCCCOc2ccc(C=O)cc2)CC1. The average Bonchev–Trinajstić information content (AvgIpc) is 2.49. The van der Waals surface area contributed by atoms with Crippen molar-refractivity contribution < 1.29 is 9.53 Å². The molecule has 1 aromatic rings. The normalized spacial score (nSPS) is 17.1. The van der Waals surface area contributed by atoms with E-state index in [2.05, 4.69) is 16.8 Å². The van der Waals surface area contributed by atoms with Crippen LogP contribution in [0.5, 0.6) is 5.75 Å². The van der Waals surface area contributed by atoms with Gasteiger partial charge in [0.15, 0.2) is 0 Å². The van der Waals surface area contributed by atoms with Gasteiger partial charge >= 0.3 is 0 Å². The second-order valence-corrected chi connectivity index (χ2v) is 5.39. The van der Waals surface area contributed by atoms with Crippen molar-refractivity contribution in [3.05, 3.63) is 29.8 Å². The van der Waals surface area contributed by atoms with Gasteiger partial charge in [-0.25, -0.2) is 0 Å². The van der Waals surface area contributed by atoms with E-state index in [0.717, 1.165) is 25.1 Å². The molecule has 4 nitrogen and oxygen atoms in total. The summed E-state index contributed by atoms with van der Waals surface area (Å²) in [5, 5.41) is 0. The molecule has 0 aromatic heterocycles. The summed E-state index contributed by atoms with van der Waals surface area (Å²) in [5.41, 5.74) is 0.687. The van der Waals surface area contributed by atoms with Crippen molar-refractivity contribution in [2.75, 3.05) is 46.4 Å². The molecule has 0 bridgehead atoms. The number of ether oxygens (including phenoxy) is 1. The van der Waals surface area contributed by atoms with E-state index >= 15 is 0 Å². The molecule has 0 atom stereocenters. The Balaban J connectivity index is 1.56. The molecule has 0 N–H and O–H groups in total. The summed E-state index contributed by atoms with van der Waals surface area (Å²) in [6, 6.07) is 7.27. The molecule has 2 rings (SSSR count). The predicted octanol–water partition coefficient (Wildman–Crippen LogP) is 1.91. The van der Waals surface area contributed by atoms with Gasteiger partial charge in [0.2, 0.25) is 0 Å². The Hall–Kier alpha value is -1.39. The number of nitrogens with zero attached hydrogens (tertiary/aromatic N) is 2. The molecule has 1 aromatic carbocycles. The molecule has 0 radical (unpaired) electrons. The highest BCUT2D eigenvalue weighted by Crippen LogP contribution is 2.11. The Kier molecular flexibility index (Phi) is 6.02. The van der Waals surface area contributed by atoms with Crippen LogP contribution in [-0.2, 0) is 0 Å². The lowest BCUT2D eigenvalue weighted by molar-refractivity contribution is 0.112. The third-order valence-corrected chi connectivity index (χ3v) is 3.75. The second-order valence-electron chi connectivity index (χ2n) is 5.39. The molecule has 0 spiro atoms. The Labute approximate surface area is 121 Å². The molecule has 20 heavy (non-hydrogen) atoms. The lowest BCUT2D eigenvalue weighted by Crippen LogP contribution is -2.44. The largest absolute Gasteiger partial charge is 0.494 e. The minimum atomic E-state index is 0.687. The summed E-state index contributed by atoms with van der Waals surface area (Å²) in [6.45, 7) is 6.64. The lowest BCUT2D eigenvalue weighted by Gasteiger charge is -2.32. The number of rotatable bonds is 7. The number of carbonyl (C=O) groups is 1. The fourth-order valence-electron chi connectivity index (χ4n) is 2.34. The number of unbranched alkanes of at least 4 members (excludes halogenated alkanes) is 1. The number of aldehydes is 1. The van der Waals surface area contributed by atoms with Crippen molar-refractivity contribution in [1.29, 1.82) is 0 Å². The summed E-state index contributed by atoms with van der Waals surface area (Å²) >= 11 is 0. The molecule has 110 valence electrons. The van der Waals surface area contributed by atoms with E-state index in [1.54, 1.807) is 12.1 Å². The molecule has 0 amide bonds. The Morgan fingerprint density at radius 2 is 1.80 bits per heavy atom. The zero-order valence-corrected chi connectivity index (χ0v) is 12.3. The molecule has 1 heterocycles. The summed E-state index contributed by atoms with van der Waals surface area (Å²) in [4.78, 5) is 15.4. The van der Waals surface area contributed by atoms with Gasteiger partial charge in [-0.3, -0.25) is 4.79 Å². The zero-order chi connectivity index (χ0) is 14.2. The first-order valence-electron chi connectivity index (χ1n) is 7.37. The third-order valence-electron chi connectivity index (χ3n) is 3.75. The smallest absolute Gasteiger partial charge is 0.150 e. The van der Waals surface area contributed by atoms with Crippen molar-refractivity contribution in [2.45, 2.75) is 12.8 Å². The van der Waals surface area contributed by atoms with Gasteiger partial charge in [-0.2, -0.15) is 0 Å². The molecule has 0 unspecified atom stereocenters. The van der Waals surface area contributed by atoms with Gasteiger partial charge in [0.25, 0.3) is 0 Å². The van der Waals surface area contributed by atoms with E-state index in [9.17, 15) is 4.79 Å². The Morgan fingerprint density at radius 1 is 1.10 bits per heavy atom. The van der Waals surface area contributed by atoms with Crippen LogP contribution in [0.25, 0.3) is 0 Å². The van der Waals surface area contributed by atoms with E-state index in [-0.39, 0.29) is 0 Å². The van der Waals surface area contributed by atoms with E-state index in [4.69, 9.17) is 4.74 Å². The van der Waals surface area contributed by atoms with Crippen LogP contribution < -0.4 is 4.74 Å². The van der Waals surface area contributed by atoms with E-state index in [1.807, 2.05) is 12.1 Å². The monoisotopic (exact) mass is 276 g/mol. The van der Waals surface area contributed by atoms with Crippen LogP contribution >= 0.6 is 0 Å². The van der Waals surface area contributed by atoms with Gasteiger partial charge in [0.1, 0.15) is 12.0 Å². The quantitative estimate of drug-likeness (QED) is 0.562. The van der Waals surface area contributed by atoms with E-state index in [1.165, 1.54) is 39.1 Å². The number of carbonyl (C=O) groups excluding carboxylic acids is 1. The van der Waals surface area contributed by atoms with Crippen LogP contribution in [0.15, 0.2) is 24.3 Å². The van der Waals surface area contributed by atoms with Crippen molar-refractivity contribution >= 4 is 6.29 Å². The van der Waals surface area contributed by atoms with Crippen LogP contribution in [0.3, 0.4) is 0 Å². The predicted molar refractivity (Wildman–Crippen MR) is 80.5 cm³/mol. The first-order chi connectivity index (χ1) is 9.78. The molecule has 1 aliphatic rings. The average molecular weight is 276 g/mol. The number of benzene rings is 1. The molecular weight excluding hydrogens is 252 g/mol. The summed E-state index contributed by atoms with van der Waals surface area (Å²) in [7, 11) is 2.18. The molecule has 0 saturated carbocycles. The van der Waals surface area contributed by atoms with Crippen LogP contribution in [0, 0.1) is 0 Å². The molecular formula is C16H24N2O2. The fraction of sp³-hybridized carbons (Fsp3) is 0.562. The maximum atomic E-state index is 10.5. The minimum absolute atomic E-state index is 0.687. The van der Waals surface area contributed by atoms with Gasteiger partial charge in [-0.15, -0.1) is 0 Å². The van der Waals surface area contributed by atoms with E-state index < -0.39 is 0 Å². The highest BCUT2D eigenvalue weighted by molar-refractivity contribution is 5.74. The van der Waals surface area contributed by atoms with Crippen molar-refractivity contribution in [3.63, 3.8) is 0 Å². The summed E-state index contributed by atoms with van der Waals surface area (Å²) < 4.78 is 5.67. The van der Waals surface area contributed by atoms with Crippen molar-refractivity contribution in [2.24, 2.45) is 0 Å². The number of hydrogen-bond acceptors (Lipinski definition) is 4. The van der Waals surface area contributed by atoms with Gasteiger partial charge in [0.05, 0.1) is 6.61 Å². The molecule has 1 fully saturated rings. The van der Waals surface area contributed by atoms with Gasteiger partial charge in [0, 0.05) is 31.7 Å². The number of hydrogen-bond donors (Lipinski definition) is 0. The minimum Gasteiger partial charge on any atom is -0.494 e. The first kappa shape index (κ1) is 15.0. The van der Waals surface area contributed by atoms with Crippen molar-refractivity contribution in [1.82, 2.24) is 9.80 Å². The van der Waals surface area contributed by atoms with Crippen LogP contribution in [0.2, 0.25) is 0 Å². The zero-order valence-electron chi connectivity index (χ0n) is 12.3. The van der Waals surface area contributed by atoms with E-state index in [0.29, 0.717) is 5.56 Å². The first-order valence-corrected chi connectivity index (χ1v) is 7.37. The van der Waals surface area contributed by atoms with Crippen LogP contribution in [-0.4, -0.2) is 62.5 Å². The Morgan fingerprint density at radius 3 is 2.45 bits per heavy atom. The number of likely N-dealkylation sites (N-methyl/N-ethyl adjacent to an activating group) is 1. The van der Waals surface area contributed by atoms with Crippen LogP contribution in [0.1, 0.15) is 23.2 Å². The van der Waals surface area contributed by atoms with Gasteiger partial charge in [-0.05, 0) is 50.7 Å². The molecule has 4 heteroatoms. The maximum absolute atomic E-state index is 10.5. The Bertz CT molecular complexity index is 397. The lowest BCUT2D eigenvalue weighted by atomic mass is 10.2. The number of piperazine rings is 1. The summed E-state index contributed by atoms with van der Waals surface area (Å²) in [5.74, 6) is 0.843. The highest BCUT2D eigenvalue weighted by atomic mass is 16.5. The van der Waals surface area contributed by atoms with Crippen molar-refractivity contribution in [3.8, 4) is 5.75 Å². The highest BCUT2D eigenvalue weighted by Gasteiger charge is 2.12. The van der Waals surface area contributed by atoms with Gasteiger partial charge in [-0.1, -0.05) is 0 Å². The topological polar surface area (TPSA) is 32.8 Å². The molecule has 0 aliphatic carbocycles. The molecule has 1 aliphatic heterocycles. The molecule has 1 saturated heterocycles. The van der Waals surface area contributed by atoms with Crippen LogP contribution in [0.4, 0.5) is 0 Å². The summed E-state index contributed by atoms with van der Waals surface area (Å²) in [6.07, 6.45) is 3.09. The standard InChI is InChI=1S/C16H24N2O2/c1-17-9-11-18(12-10-17)8-2-3-13-20-16-6-4-15(14-19)5-7-16/h4-7,14H,2-3,8-13H2,1H3. The third kappa shape index (κ3) is 4.94. The second kappa shape index (κ2) is 8.02. The van der Waals surface area contributed by atoms with Gasteiger partial charge < -0.3 is 14.5 Å². The maximum Gasteiger partial charge on any atom is 0.150 e.